The van der Waals surface area contributed by atoms with Crippen LogP contribution in [0.25, 0.3) is 0 Å². The quantitative estimate of drug-likeness (QED) is 0.834. The highest BCUT2D eigenvalue weighted by Gasteiger charge is 2.43. The van der Waals surface area contributed by atoms with Gasteiger partial charge in [0.25, 0.3) is 0 Å². The summed E-state index contributed by atoms with van der Waals surface area (Å²) in [7, 11) is 1.75. The smallest absolute Gasteiger partial charge is 0.162 e. The van der Waals surface area contributed by atoms with Crippen molar-refractivity contribution in [2.24, 2.45) is 0 Å². The molecule has 2 bridgehead atoms. The standard InChI is InChI=1S/C19H28N2O2/c1-22-18-13-16(14-20-9-2-3-10-20)5-6-17(18)23-19-7-4-11-21(15-19)12-8-19/h5-6,13H,2-4,7-12,14-15H2,1H3/t19-/m1/s1. The Morgan fingerprint density at radius 2 is 1.87 bits per heavy atom. The molecular weight excluding hydrogens is 288 g/mol. The third-order valence-corrected chi connectivity index (χ3v) is 5.66. The summed E-state index contributed by atoms with van der Waals surface area (Å²) in [6.45, 7) is 6.95. The number of likely N-dealkylation sites (tertiary alicyclic amines) is 1. The van der Waals surface area contributed by atoms with E-state index in [-0.39, 0.29) is 5.60 Å². The van der Waals surface area contributed by atoms with E-state index in [9.17, 15) is 0 Å². The van der Waals surface area contributed by atoms with Gasteiger partial charge in [0.15, 0.2) is 11.5 Å². The number of benzene rings is 1. The van der Waals surface area contributed by atoms with Crippen LogP contribution in [0.1, 0.15) is 37.7 Å². The molecule has 3 aliphatic heterocycles. The first-order valence-corrected chi connectivity index (χ1v) is 9.07. The fraction of sp³-hybridized carbons (Fsp3) is 0.684. The summed E-state index contributed by atoms with van der Waals surface area (Å²) in [6.07, 6.45) is 6.22. The van der Waals surface area contributed by atoms with Crippen molar-refractivity contribution in [3.05, 3.63) is 23.8 Å². The molecular formula is C19H28N2O2. The van der Waals surface area contributed by atoms with Crippen molar-refractivity contribution in [1.29, 1.82) is 0 Å². The molecule has 2 atom stereocenters. The molecule has 4 rings (SSSR count). The van der Waals surface area contributed by atoms with Crippen molar-refractivity contribution in [2.45, 2.75) is 44.2 Å². The van der Waals surface area contributed by atoms with Gasteiger partial charge < -0.3 is 9.47 Å². The third-order valence-electron chi connectivity index (χ3n) is 5.66. The number of rotatable bonds is 5. The summed E-state index contributed by atoms with van der Waals surface area (Å²) >= 11 is 0. The molecule has 23 heavy (non-hydrogen) atoms. The maximum Gasteiger partial charge on any atom is 0.162 e. The zero-order valence-electron chi connectivity index (χ0n) is 14.2. The fourth-order valence-corrected chi connectivity index (χ4v) is 4.41. The molecule has 3 heterocycles. The molecule has 4 heteroatoms. The Bertz CT molecular complexity index is 552. The van der Waals surface area contributed by atoms with Crippen molar-refractivity contribution < 1.29 is 9.47 Å². The van der Waals surface area contributed by atoms with Crippen LogP contribution >= 0.6 is 0 Å². The second kappa shape index (κ2) is 6.33. The Labute approximate surface area is 139 Å². The predicted molar refractivity (Wildman–Crippen MR) is 91.2 cm³/mol. The van der Waals surface area contributed by atoms with E-state index in [1.807, 2.05) is 0 Å². The molecule has 3 aliphatic rings. The van der Waals surface area contributed by atoms with Gasteiger partial charge in [0.2, 0.25) is 0 Å². The Morgan fingerprint density at radius 1 is 1.00 bits per heavy atom. The van der Waals surface area contributed by atoms with Gasteiger partial charge in [-0.2, -0.15) is 0 Å². The minimum atomic E-state index is 0.0159. The fourth-order valence-electron chi connectivity index (χ4n) is 4.41. The Kier molecular flexibility index (Phi) is 4.20. The molecule has 126 valence electrons. The van der Waals surface area contributed by atoms with Crippen molar-refractivity contribution in [3.8, 4) is 11.5 Å². The molecule has 0 aliphatic carbocycles. The average molecular weight is 316 g/mol. The minimum absolute atomic E-state index is 0.0159. The van der Waals surface area contributed by atoms with Gasteiger partial charge in [-0.1, -0.05) is 6.07 Å². The zero-order valence-corrected chi connectivity index (χ0v) is 14.2. The first kappa shape index (κ1) is 15.3. The highest BCUT2D eigenvalue weighted by Crippen LogP contribution is 2.39. The van der Waals surface area contributed by atoms with E-state index in [0.29, 0.717) is 0 Å². The van der Waals surface area contributed by atoms with Gasteiger partial charge in [0.1, 0.15) is 5.60 Å². The number of methoxy groups -OCH3 is 1. The molecule has 1 aromatic carbocycles. The highest BCUT2D eigenvalue weighted by molar-refractivity contribution is 5.43. The normalized spacial score (nSPS) is 30.6. The van der Waals surface area contributed by atoms with E-state index >= 15 is 0 Å². The molecule has 1 aromatic rings. The van der Waals surface area contributed by atoms with Gasteiger partial charge in [-0.3, -0.25) is 9.80 Å². The average Bonchev–Trinajstić information content (AvgIpc) is 3.17. The minimum Gasteiger partial charge on any atom is -0.493 e. The molecule has 4 nitrogen and oxygen atoms in total. The van der Waals surface area contributed by atoms with E-state index in [2.05, 4.69) is 28.0 Å². The van der Waals surface area contributed by atoms with Crippen LogP contribution in [0.3, 0.4) is 0 Å². The Balaban J connectivity index is 1.49. The van der Waals surface area contributed by atoms with Gasteiger partial charge in [-0.05, 0) is 63.0 Å². The lowest BCUT2D eigenvalue weighted by molar-refractivity contribution is 0.0427. The van der Waals surface area contributed by atoms with Gasteiger partial charge in [-0.25, -0.2) is 0 Å². The summed E-state index contributed by atoms with van der Waals surface area (Å²) in [5.74, 6) is 1.81. The van der Waals surface area contributed by atoms with E-state index in [1.54, 1.807) is 7.11 Å². The van der Waals surface area contributed by atoms with Gasteiger partial charge in [-0.15, -0.1) is 0 Å². The number of hydrogen-bond acceptors (Lipinski definition) is 4. The van der Waals surface area contributed by atoms with Crippen LogP contribution in [0.4, 0.5) is 0 Å². The lowest BCUT2D eigenvalue weighted by atomic mass is 9.94. The van der Waals surface area contributed by atoms with E-state index in [0.717, 1.165) is 31.0 Å². The molecule has 3 fully saturated rings. The van der Waals surface area contributed by atoms with Gasteiger partial charge in [0.05, 0.1) is 7.11 Å². The molecule has 0 saturated carbocycles. The van der Waals surface area contributed by atoms with E-state index in [1.165, 1.54) is 57.4 Å². The van der Waals surface area contributed by atoms with Crippen molar-refractivity contribution in [3.63, 3.8) is 0 Å². The first-order valence-electron chi connectivity index (χ1n) is 9.07. The molecule has 3 saturated heterocycles. The monoisotopic (exact) mass is 316 g/mol. The third kappa shape index (κ3) is 3.20. The number of fused-ring (bicyclic) bond motifs is 2. The predicted octanol–water partition coefficient (Wildman–Crippen LogP) is 2.91. The molecule has 0 spiro atoms. The molecule has 0 radical (unpaired) electrons. The van der Waals surface area contributed by atoms with Crippen molar-refractivity contribution in [2.75, 3.05) is 39.8 Å². The first-order chi connectivity index (χ1) is 11.3. The Hall–Kier alpha value is -1.26. The molecule has 0 N–H and O–H groups in total. The number of hydrogen-bond donors (Lipinski definition) is 0. The van der Waals surface area contributed by atoms with Gasteiger partial charge in [0, 0.05) is 26.1 Å². The summed E-state index contributed by atoms with van der Waals surface area (Å²) in [5.41, 5.74) is 1.34. The number of nitrogens with zero attached hydrogens (tertiary/aromatic N) is 2. The number of ether oxygens (including phenoxy) is 2. The van der Waals surface area contributed by atoms with E-state index < -0.39 is 0 Å². The maximum absolute atomic E-state index is 6.50. The highest BCUT2D eigenvalue weighted by atomic mass is 16.5. The number of piperidine rings is 1. The van der Waals surface area contributed by atoms with Crippen LogP contribution in [-0.2, 0) is 6.54 Å². The second-order valence-electron chi connectivity index (χ2n) is 7.38. The lowest BCUT2D eigenvalue weighted by Gasteiger charge is -2.35. The molecule has 0 aromatic heterocycles. The van der Waals surface area contributed by atoms with Crippen LogP contribution in [-0.4, -0.2) is 55.2 Å². The summed E-state index contributed by atoms with van der Waals surface area (Å²) < 4.78 is 12.1. The van der Waals surface area contributed by atoms with Crippen LogP contribution in [0, 0.1) is 0 Å². The lowest BCUT2D eigenvalue weighted by Crippen LogP contribution is -2.43. The van der Waals surface area contributed by atoms with Crippen molar-refractivity contribution in [1.82, 2.24) is 9.80 Å². The summed E-state index contributed by atoms with van der Waals surface area (Å²) in [6, 6.07) is 6.50. The zero-order chi connectivity index (χ0) is 15.7. The van der Waals surface area contributed by atoms with Crippen LogP contribution in [0.15, 0.2) is 18.2 Å². The summed E-state index contributed by atoms with van der Waals surface area (Å²) in [4.78, 5) is 5.04. The largest absolute Gasteiger partial charge is 0.493 e. The van der Waals surface area contributed by atoms with E-state index in [4.69, 9.17) is 9.47 Å². The van der Waals surface area contributed by atoms with Crippen molar-refractivity contribution >= 4 is 0 Å². The van der Waals surface area contributed by atoms with Crippen LogP contribution in [0.2, 0.25) is 0 Å². The second-order valence-corrected chi connectivity index (χ2v) is 7.38. The molecule has 0 amide bonds. The van der Waals surface area contributed by atoms with Crippen LogP contribution in [0.5, 0.6) is 11.5 Å². The maximum atomic E-state index is 6.50. The Morgan fingerprint density at radius 3 is 2.70 bits per heavy atom. The van der Waals surface area contributed by atoms with Gasteiger partial charge >= 0.3 is 0 Å². The summed E-state index contributed by atoms with van der Waals surface area (Å²) in [5, 5.41) is 0. The molecule has 1 unspecified atom stereocenters. The topological polar surface area (TPSA) is 24.9 Å². The SMILES string of the molecule is COc1cc(CN2CCCC2)ccc1O[C@]12CCCN(CC1)C2. The van der Waals surface area contributed by atoms with Crippen LogP contribution < -0.4 is 9.47 Å².